The summed E-state index contributed by atoms with van der Waals surface area (Å²) in [4.78, 5) is 12.5. The summed E-state index contributed by atoms with van der Waals surface area (Å²) in [6.07, 6.45) is 1.74. The third-order valence-corrected chi connectivity index (χ3v) is 7.09. The lowest BCUT2D eigenvalue weighted by atomic mass is 9.88. The van der Waals surface area contributed by atoms with Crippen LogP contribution >= 0.6 is 23.2 Å². The van der Waals surface area contributed by atoms with Gasteiger partial charge in [0.2, 0.25) is 10.0 Å². The number of sulfonamides is 1. The topological polar surface area (TPSA) is 98.0 Å². The molecule has 1 aromatic heterocycles. The van der Waals surface area contributed by atoms with Gasteiger partial charge < -0.3 is 0 Å². The maximum absolute atomic E-state index is 16.1. The Kier molecular flexibility index (Phi) is 5.52. The lowest BCUT2D eigenvalue weighted by Crippen LogP contribution is -2.43. The van der Waals surface area contributed by atoms with Gasteiger partial charge in [0.05, 0.1) is 27.5 Å². The van der Waals surface area contributed by atoms with Gasteiger partial charge >= 0.3 is 0 Å². The van der Waals surface area contributed by atoms with Gasteiger partial charge in [-0.1, -0.05) is 35.3 Å². The fourth-order valence-electron chi connectivity index (χ4n) is 3.63. The van der Waals surface area contributed by atoms with Gasteiger partial charge in [-0.15, -0.1) is 0 Å². The van der Waals surface area contributed by atoms with Gasteiger partial charge in [0, 0.05) is 0 Å². The van der Waals surface area contributed by atoms with Gasteiger partial charge in [-0.2, -0.15) is 0 Å². The van der Waals surface area contributed by atoms with Crippen molar-refractivity contribution < 1.29 is 21.6 Å². The van der Waals surface area contributed by atoms with Crippen LogP contribution in [0.3, 0.4) is 0 Å². The first-order valence-corrected chi connectivity index (χ1v) is 11.4. The summed E-state index contributed by atoms with van der Waals surface area (Å²) < 4.78 is 68.2. The van der Waals surface area contributed by atoms with Crippen molar-refractivity contribution in [3.8, 4) is 0 Å². The smallest absolute Gasteiger partial charge is 0.271 e. The van der Waals surface area contributed by atoms with E-state index >= 15 is 4.39 Å². The number of nitrogens with two attached hydrogens (primary N) is 1. The predicted molar refractivity (Wildman–Crippen MR) is 116 cm³/mol. The highest BCUT2D eigenvalue weighted by Crippen LogP contribution is 2.43. The molecule has 1 aliphatic rings. The van der Waals surface area contributed by atoms with Crippen LogP contribution in [0.2, 0.25) is 0 Å². The second-order valence-corrected chi connectivity index (χ2v) is 9.79. The molecule has 3 aromatic rings. The molecule has 0 saturated heterocycles. The normalized spacial score (nSPS) is 21.5. The van der Waals surface area contributed by atoms with Crippen molar-refractivity contribution in [2.24, 2.45) is 5.14 Å². The Morgan fingerprint density at radius 1 is 1.09 bits per heavy atom. The van der Waals surface area contributed by atoms with Gasteiger partial charge in [0.25, 0.3) is 5.56 Å². The van der Waals surface area contributed by atoms with E-state index in [1.165, 1.54) is 28.9 Å². The van der Waals surface area contributed by atoms with E-state index in [2.05, 4.69) is 5.10 Å². The second kappa shape index (κ2) is 7.80. The number of nitrogens with zero attached hydrogens (tertiary/aromatic N) is 1. The molecule has 0 radical (unpaired) electrons. The molecule has 32 heavy (non-hydrogen) atoms. The molecule has 6 nitrogen and oxygen atoms in total. The van der Waals surface area contributed by atoms with Gasteiger partial charge in [-0.3, -0.25) is 14.6 Å². The Labute approximate surface area is 189 Å². The van der Waals surface area contributed by atoms with Crippen LogP contribution in [-0.4, -0.2) is 23.4 Å². The van der Waals surface area contributed by atoms with Crippen molar-refractivity contribution in [2.75, 3.05) is 0 Å². The van der Waals surface area contributed by atoms with Crippen LogP contribution in [0.15, 0.2) is 63.4 Å². The summed E-state index contributed by atoms with van der Waals surface area (Å²) in [5.41, 5.74) is -2.76. The summed E-state index contributed by atoms with van der Waals surface area (Å²) in [6.45, 7) is -0.0000641. The van der Waals surface area contributed by atoms with Crippen molar-refractivity contribution in [3.63, 3.8) is 0 Å². The number of hydrogen-bond donors (Lipinski definition) is 2. The van der Waals surface area contributed by atoms with E-state index in [1.807, 2.05) is 0 Å². The molecule has 3 N–H and O–H groups in total. The second-order valence-electron chi connectivity index (χ2n) is 7.29. The van der Waals surface area contributed by atoms with Crippen LogP contribution < -0.4 is 10.7 Å². The van der Waals surface area contributed by atoms with Gasteiger partial charge in [0.15, 0.2) is 17.3 Å². The zero-order chi connectivity index (χ0) is 23.4. The molecule has 0 bridgehead atoms. The molecule has 12 heteroatoms. The van der Waals surface area contributed by atoms with Crippen LogP contribution in [-0.2, 0) is 22.2 Å². The first kappa shape index (κ1) is 22.7. The van der Waals surface area contributed by atoms with Gasteiger partial charge in [-0.25, -0.2) is 26.7 Å². The maximum atomic E-state index is 16.1. The Hall–Kier alpha value is -2.53. The summed E-state index contributed by atoms with van der Waals surface area (Å²) >= 11 is 11.8. The highest BCUT2D eigenvalue weighted by Gasteiger charge is 2.47. The standard InChI is InChI=1S/C20H14Cl2F3N3O3S/c21-13-7-18(32(26,30)31)20(25,8-14(13)22)11-2-4-17-12(6-11)19(29)27-28(17)9-10-1-3-15(23)16(24)5-10/h1-8,18H,9H2,(H,27,29)(H2,26,30,31). The summed E-state index contributed by atoms with van der Waals surface area (Å²) in [5.74, 6) is -2.04. The number of aromatic amines is 1. The Balaban J connectivity index is 1.81. The fourth-order valence-corrected chi connectivity index (χ4v) is 5.12. The predicted octanol–water partition coefficient (Wildman–Crippen LogP) is 3.74. The number of fused-ring (bicyclic) bond motifs is 1. The van der Waals surface area contributed by atoms with E-state index in [0.29, 0.717) is 11.1 Å². The minimum Gasteiger partial charge on any atom is -0.280 e. The molecular formula is C20H14Cl2F3N3O3S. The van der Waals surface area contributed by atoms with Crippen molar-refractivity contribution in [3.05, 3.63) is 91.7 Å². The molecule has 0 spiro atoms. The molecule has 1 heterocycles. The minimum atomic E-state index is -4.44. The van der Waals surface area contributed by atoms with Crippen molar-refractivity contribution in [1.82, 2.24) is 9.78 Å². The third kappa shape index (κ3) is 3.88. The highest BCUT2D eigenvalue weighted by molar-refractivity contribution is 7.90. The van der Waals surface area contributed by atoms with E-state index in [0.717, 1.165) is 24.3 Å². The molecule has 1 aliphatic carbocycles. The molecule has 4 rings (SSSR count). The zero-order valence-corrected chi connectivity index (χ0v) is 18.3. The van der Waals surface area contributed by atoms with E-state index in [9.17, 15) is 22.0 Å². The molecule has 2 unspecified atom stereocenters. The lowest BCUT2D eigenvalue weighted by molar-refractivity contribution is 0.237. The fraction of sp³-hybridized carbons (Fsp3) is 0.150. The van der Waals surface area contributed by atoms with E-state index in [1.54, 1.807) is 0 Å². The molecule has 0 fully saturated rings. The van der Waals surface area contributed by atoms with E-state index < -0.39 is 38.1 Å². The number of alkyl halides is 1. The number of hydrogen-bond acceptors (Lipinski definition) is 3. The van der Waals surface area contributed by atoms with Crippen LogP contribution in [0.5, 0.6) is 0 Å². The Morgan fingerprint density at radius 3 is 2.47 bits per heavy atom. The average molecular weight is 504 g/mol. The number of allylic oxidation sites excluding steroid dienone is 3. The summed E-state index contributed by atoms with van der Waals surface area (Å²) in [6, 6.07) is 7.17. The molecule has 2 atom stereocenters. The van der Waals surface area contributed by atoms with E-state index in [4.69, 9.17) is 28.3 Å². The number of benzene rings is 2. The monoisotopic (exact) mass is 503 g/mol. The lowest BCUT2D eigenvalue weighted by Gasteiger charge is -2.31. The van der Waals surface area contributed by atoms with Crippen LogP contribution in [0.4, 0.5) is 13.2 Å². The van der Waals surface area contributed by atoms with Gasteiger partial charge in [-0.05, 0) is 47.5 Å². The average Bonchev–Trinajstić information content (AvgIpc) is 3.02. The van der Waals surface area contributed by atoms with Crippen molar-refractivity contribution in [2.45, 2.75) is 17.5 Å². The van der Waals surface area contributed by atoms with E-state index in [-0.39, 0.29) is 27.6 Å². The molecule has 0 saturated carbocycles. The summed E-state index contributed by atoms with van der Waals surface area (Å²) in [7, 11) is -4.44. The van der Waals surface area contributed by atoms with Crippen molar-refractivity contribution >= 4 is 44.1 Å². The number of aromatic nitrogens is 2. The Morgan fingerprint density at radius 2 is 1.81 bits per heavy atom. The number of nitrogens with one attached hydrogen (secondary N) is 1. The number of rotatable bonds is 4. The zero-order valence-electron chi connectivity index (χ0n) is 16.0. The number of halogens is 5. The molecule has 0 amide bonds. The first-order valence-electron chi connectivity index (χ1n) is 9.03. The number of H-pyrrole nitrogens is 1. The third-order valence-electron chi connectivity index (χ3n) is 5.17. The molecule has 168 valence electrons. The van der Waals surface area contributed by atoms with Crippen LogP contribution in [0, 0.1) is 11.6 Å². The SMILES string of the molecule is NS(=O)(=O)C1C=C(Cl)C(Cl)=CC1(F)c1ccc2c(c1)c(=O)[nH]n2Cc1ccc(F)c(F)c1. The summed E-state index contributed by atoms with van der Waals surface area (Å²) in [5, 5.41) is 5.55. The largest absolute Gasteiger partial charge is 0.280 e. The highest BCUT2D eigenvalue weighted by atomic mass is 35.5. The molecular weight excluding hydrogens is 490 g/mol. The van der Waals surface area contributed by atoms with Gasteiger partial charge in [0.1, 0.15) is 5.25 Å². The van der Waals surface area contributed by atoms with Crippen molar-refractivity contribution in [1.29, 1.82) is 0 Å². The Bertz CT molecular complexity index is 1480. The maximum Gasteiger partial charge on any atom is 0.271 e. The van der Waals surface area contributed by atoms with Crippen LogP contribution in [0.25, 0.3) is 10.9 Å². The quantitative estimate of drug-likeness (QED) is 0.567. The van der Waals surface area contributed by atoms with Crippen LogP contribution in [0.1, 0.15) is 11.1 Å². The minimum absolute atomic E-state index is 0.0000641. The molecule has 2 aromatic carbocycles. The molecule has 0 aliphatic heterocycles. The number of primary sulfonamides is 1. The first-order chi connectivity index (χ1) is 14.9.